The fourth-order valence-electron chi connectivity index (χ4n) is 5.36. The summed E-state index contributed by atoms with van der Waals surface area (Å²) in [5.74, 6) is 0.175. The van der Waals surface area contributed by atoms with Gasteiger partial charge in [0.05, 0.1) is 34.5 Å². The number of anilines is 1. The van der Waals surface area contributed by atoms with Crippen LogP contribution < -0.4 is 29.7 Å². The number of nitrogens with one attached hydrogen (secondary N) is 1. The van der Waals surface area contributed by atoms with Gasteiger partial charge in [-0.05, 0) is 66.6 Å². The van der Waals surface area contributed by atoms with Crippen molar-refractivity contribution in [2.24, 2.45) is 4.99 Å². The molecule has 5 aromatic rings. The van der Waals surface area contributed by atoms with Crippen molar-refractivity contribution in [3.8, 4) is 11.5 Å². The lowest BCUT2D eigenvalue weighted by Crippen LogP contribution is -2.40. The van der Waals surface area contributed by atoms with E-state index in [0.29, 0.717) is 43.2 Å². The first kappa shape index (κ1) is 31.6. The van der Waals surface area contributed by atoms with Gasteiger partial charge < -0.3 is 14.8 Å². The van der Waals surface area contributed by atoms with Crippen molar-refractivity contribution in [3.05, 3.63) is 156 Å². The van der Waals surface area contributed by atoms with Crippen LogP contribution in [0.1, 0.15) is 35.2 Å². The Kier molecular flexibility index (Phi) is 8.82. The fourth-order valence-corrected chi connectivity index (χ4v) is 6.40. The van der Waals surface area contributed by atoms with Crippen LogP contribution in [0.15, 0.2) is 124 Å². The van der Waals surface area contributed by atoms with Crippen LogP contribution in [0.5, 0.6) is 11.5 Å². The Labute approximate surface area is 271 Å². The largest absolute Gasteiger partial charge is 0.496 e. The Hall–Kier alpha value is -5.42. The molecule has 1 N–H and O–H groups in total. The van der Waals surface area contributed by atoms with E-state index in [1.165, 1.54) is 30.6 Å². The molecule has 11 heteroatoms. The van der Waals surface area contributed by atoms with E-state index in [0.717, 1.165) is 17.7 Å². The molecule has 0 unspecified atom stereocenters. The van der Waals surface area contributed by atoms with Gasteiger partial charge in [-0.2, -0.15) is 13.2 Å². The summed E-state index contributed by atoms with van der Waals surface area (Å²) in [6, 6.07) is 27.6. The molecule has 0 aliphatic carbocycles. The minimum absolute atomic E-state index is 0.0592. The third-order valence-corrected chi connectivity index (χ3v) is 8.55. The number of thiazole rings is 1. The maximum absolute atomic E-state index is 14.1. The Morgan fingerprint density at radius 2 is 1.70 bits per heavy atom. The van der Waals surface area contributed by atoms with Crippen LogP contribution in [-0.2, 0) is 17.6 Å². The predicted octanol–water partition coefficient (Wildman–Crippen LogP) is 6.48. The van der Waals surface area contributed by atoms with Crippen LogP contribution in [0, 0.1) is 0 Å². The standard InChI is InChI=1S/C36H28F3N3O4S/c1-22-31(33(43)41-27-13-7-4-8-14-27)32(24-10-5-3-6-11-24)42-34(44)30(47-35(42)40-22)19-23-16-17-29(45-2)25(18-23)21-46-28-15-9-12-26(20-28)36(37,38)39/h3-20,32H,21H2,1-2H3,(H,41,43)/b30-19-/t32-/m0/s1. The molecule has 47 heavy (non-hydrogen) atoms. The van der Waals surface area contributed by atoms with Gasteiger partial charge in [0.15, 0.2) is 4.80 Å². The summed E-state index contributed by atoms with van der Waals surface area (Å²) in [5, 5.41) is 2.93. The average molecular weight is 656 g/mol. The van der Waals surface area contributed by atoms with E-state index in [1.807, 2.05) is 48.5 Å². The molecule has 0 saturated heterocycles. The molecule has 1 atom stereocenters. The second-order valence-corrected chi connectivity index (χ2v) is 11.7. The number of ether oxygens (including phenoxy) is 2. The summed E-state index contributed by atoms with van der Waals surface area (Å²) < 4.78 is 52.6. The van der Waals surface area contributed by atoms with Crippen molar-refractivity contribution in [1.29, 1.82) is 0 Å². The zero-order valence-electron chi connectivity index (χ0n) is 25.2. The Morgan fingerprint density at radius 1 is 0.979 bits per heavy atom. The number of hydrogen-bond donors (Lipinski definition) is 1. The second kappa shape index (κ2) is 13.1. The number of methoxy groups -OCH3 is 1. The number of fused-ring (bicyclic) bond motifs is 1. The smallest absolute Gasteiger partial charge is 0.416 e. The molecule has 2 heterocycles. The average Bonchev–Trinajstić information content (AvgIpc) is 3.37. The minimum atomic E-state index is -4.49. The highest BCUT2D eigenvalue weighted by Gasteiger charge is 2.33. The minimum Gasteiger partial charge on any atom is -0.496 e. The first-order valence-electron chi connectivity index (χ1n) is 14.5. The number of amides is 1. The van der Waals surface area contributed by atoms with Crippen molar-refractivity contribution in [2.75, 3.05) is 12.4 Å². The van der Waals surface area contributed by atoms with Gasteiger partial charge in [-0.3, -0.25) is 14.2 Å². The third kappa shape index (κ3) is 6.75. The lowest BCUT2D eigenvalue weighted by Gasteiger charge is -2.25. The number of allylic oxidation sites excluding steroid dienone is 1. The SMILES string of the molecule is COc1ccc(/C=c2\sc3n(c2=O)[C@@H](c2ccccc2)C(C(=O)Nc2ccccc2)=C(C)N=3)cc1COc1cccc(C(F)(F)F)c1. The monoisotopic (exact) mass is 655 g/mol. The molecule has 0 radical (unpaired) electrons. The highest BCUT2D eigenvalue weighted by molar-refractivity contribution is 7.07. The summed E-state index contributed by atoms with van der Waals surface area (Å²) >= 11 is 1.20. The van der Waals surface area contributed by atoms with Gasteiger partial charge in [0.25, 0.3) is 11.5 Å². The summed E-state index contributed by atoms with van der Waals surface area (Å²) in [6.07, 6.45) is -2.78. The van der Waals surface area contributed by atoms with E-state index < -0.39 is 17.8 Å². The molecular formula is C36H28F3N3O4S. The predicted molar refractivity (Wildman–Crippen MR) is 174 cm³/mol. The number of halogens is 3. The van der Waals surface area contributed by atoms with Gasteiger partial charge in [-0.1, -0.05) is 72.0 Å². The highest BCUT2D eigenvalue weighted by atomic mass is 32.1. The van der Waals surface area contributed by atoms with E-state index >= 15 is 0 Å². The van der Waals surface area contributed by atoms with Crippen LogP contribution in [0.3, 0.4) is 0 Å². The van der Waals surface area contributed by atoms with Crippen LogP contribution in [0.25, 0.3) is 6.08 Å². The van der Waals surface area contributed by atoms with Crippen molar-refractivity contribution in [1.82, 2.24) is 4.57 Å². The van der Waals surface area contributed by atoms with Crippen LogP contribution >= 0.6 is 11.3 Å². The van der Waals surface area contributed by atoms with E-state index in [1.54, 1.807) is 47.9 Å². The van der Waals surface area contributed by atoms with Gasteiger partial charge in [-0.25, -0.2) is 4.99 Å². The molecule has 7 nitrogen and oxygen atoms in total. The number of benzene rings is 4. The van der Waals surface area contributed by atoms with E-state index in [-0.39, 0.29) is 23.8 Å². The van der Waals surface area contributed by atoms with Crippen LogP contribution in [-0.4, -0.2) is 17.6 Å². The Bertz CT molecular complexity index is 2160. The molecule has 6 rings (SSSR count). The van der Waals surface area contributed by atoms with Gasteiger partial charge in [0.2, 0.25) is 0 Å². The summed E-state index contributed by atoms with van der Waals surface area (Å²) in [6.45, 7) is 1.69. The Balaban J connectivity index is 1.37. The van der Waals surface area contributed by atoms with Crippen LogP contribution in [0.2, 0.25) is 0 Å². The highest BCUT2D eigenvalue weighted by Crippen LogP contribution is 2.33. The van der Waals surface area contributed by atoms with Crippen LogP contribution in [0.4, 0.5) is 18.9 Å². The number of aromatic nitrogens is 1. The maximum atomic E-state index is 14.1. The van der Waals surface area contributed by atoms with Crippen molar-refractivity contribution < 1.29 is 27.4 Å². The van der Waals surface area contributed by atoms with Crippen molar-refractivity contribution in [3.63, 3.8) is 0 Å². The van der Waals surface area contributed by atoms with Gasteiger partial charge >= 0.3 is 6.18 Å². The first-order valence-corrected chi connectivity index (χ1v) is 15.3. The second-order valence-electron chi connectivity index (χ2n) is 10.7. The zero-order valence-corrected chi connectivity index (χ0v) is 26.1. The van der Waals surface area contributed by atoms with E-state index in [2.05, 4.69) is 10.3 Å². The van der Waals surface area contributed by atoms with Crippen molar-refractivity contribution >= 4 is 29.0 Å². The summed E-state index contributed by atoms with van der Waals surface area (Å²) in [4.78, 5) is 32.9. The summed E-state index contributed by atoms with van der Waals surface area (Å²) in [5.41, 5.74) is 2.32. The topological polar surface area (TPSA) is 81.9 Å². The number of nitrogens with zero attached hydrogens (tertiary/aromatic N) is 2. The van der Waals surface area contributed by atoms with Gasteiger partial charge in [0, 0.05) is 11.3 Å². The molecule has 0 spiro atoms. The number of hydrogen-bond acceptors (Lipinski definition) is 6. The maximum Gasteiger partial charge on any atom is 0.416 e. The molecule has 0 saturated carbocycles. The molecule has 1 aromatic heterocycles. The number of para-hydroxylation sites is 1. The molecule has 1 amide bonds. The zero-order chi connectivity index (χ0) is 33.1. The molecule has 0 bridgehead atoms. The molecule has 0 fully saturated rings. The lowest BCUT2D eigenvalue weighted by atomic mass is 9.95. The lowest BCUT2D eigenvalue weighted by molar-refractivity contribution is -0.137. The number of carbonyl (C=O) groups is 1. The first-order chi connectivity index (χ1) is 22.6. The normalized spacial score (nSPS) is 14.7. The molecule has 1 aliphatic rings. The molecule has 4 aromatic carbocycles. The number of rotatable bonds is 8. The third-order valence-electron chi connectivity index (χ3n) is 7.57. The number of alkyl halides is 3. The molecule has 1 aliphatic heterocycles. The van der Waals surface area contributed by atoms with Crippen molar-refractivity contribution in [2.45, 2.75) is 25.7 Å². The van der Waals surface area contributed by atoms with E-state index in [9.17, 15) is 22.8 Å². The molecule has 238 valence electrons. The van der Waals surface area contributed by atoms with Gasteiger partial charge in [0.1, 0.15) is 18.1 Å². The Morgan fingerprint density at radius 3 is 2.40 bits per heavy atom. The van der Waals surface area contributed by atoms with E-state index in [4.69, 9.17) is 9.47 Å². The fraction of sp³-hybridized carbons (Fsp3) is 0.139. The summed E-state index contributed by atoms with van der Waals surface area (Å²) in [7, 11) is 1.48. The quantitative estimate of drug-likeness (QED) is 0.208. The van der Waals surface area contributed by atoms with Gasteiger partial charge in [-0.15, -0.1) is 0 Å². The number of carbonyl (C=O) groups excluding carboxylic acids is 1. The molecular weight excluding hydrogens is 627 g/mol.